The third-order valence-electron chi connectivity index (χ3n) is 5.80. The molecule has 1 aromatic carbocycles. The molecule has 0 aliphatic carbocycles. The summed E-state index contributed by atoms with van der Waals surface area (Å²) in [6.45, 7) is 0.720. The maximum absolute atomic E-state index is 13.4. The van der Waals surface area contributed by atoms with Crippen molar-refractivity contribution in [2.24, 2.45) is 0 Å². The number of H-pyrrole nitrogens is 1. The standard InChI is InChI=1S/C23H19N7OS/c31-23(30-12-4-7-18(30)16-5-1-2-10-24-16)20-15-9-8-14(13-19(15)32-29-20)26-22-21-17(27-28-22)6-3-11-25-21/h1-3,5-6,8-11,13,18H,4,7,12H2,(H2,26,27,28). The minimum atomic E-state index is -0.0346. The van der Waals surface area contributed by atoms with Crippen molar-refractivity contribution < 1.29 is 4.79 Å². The molecule has 0 radical (unpaired) electrons. The van der Waals surface area contributed by atoms with E-state index in [2.05, 4.69) is 29.9 Å². The van der Waals surface area contributed by atoms with Gasteiger partial charge in [0.1, 0.15) is 11.2 Å². The quantitative estimate of drug-likeness (QED) is 0.420. The molecule has 32 heavy (non-hydrogen) atoms. The minimum Gasteiger partial charge on any atom is -0.337 e. The highest BCUT2D eigenvalue weighted by molar-refractivity contribution is 7.13. The van der Waals surface area contributed by atoms with Crippen LogP contribution in [0.4, 0.5) is 11.5 Å². The Balaban J connectivity index is 1.29. The van der Waals surface area contributed by atoms with Gasteiger partial charge in [0.05, 0.1) is 22.0 Å². The molecule has 6 rings (SSSR count). The highest BCUT2D eigenvalue weighted by Gasteiger charge is 2.33. The smallest absolute Gasteiger partial charge is 0.274 e. The van der Waals surface area contributed by atoms with Gasteiger partial charge < -0.3 is 10.2 Å². The second-order valence-corrected chi connectivity index (χ2v) is 8.56. The maximum Gasteiger partial charge on any atom is 0.274 e. The van der Waals surface area contributed by atoms with E-state index in [9.17, 15) is 4.79 Å². The number of carbonyl (C=O) groups is 1. The molecule has 1 atom stereocenters. The maximum atomic E-state index is 13.4. The van der Waals surface area contributed by atoms with Crippen molar-refractivity contribution in [1.82, 2.24) is 29.4 Å². The van der Waals surface area contributed by atoms with Gasteiger partial charge in [-0.1, -0.05) is 6.07 Å². The first kappa shape index (κ1) is 18.9. The van der Waals surface area contributed by atoms with Crippen molar-refractivity contribution in [3.63, 3.8) is 0 Å². The Morgan fingerprint density at radius 1 is 1.12 bits per heavy atom. The molecule has 1 aliphatic heterocycles. The van der Waals surface area contributed by atoms with Crippen LogP contribution in [0.15, 0.2) is 60.9 Å². The predicted octanol–water partition coefficient (Wildman–Crippen LogP) is 4.68. The molecule has 9 heteroatoms. The fraction of sp³-hybridized carbons (Fsp3) is 0.174. The molecule has 1 saturated heterocycles. The Hall–Kier alpha value is -3.85. The van der Waals surface area contributed by atoms with E-state index in [0.29, 0.717) is 11.5 Å². The van der Waals surface area contributed by atoms with Crippen LogP contribution < -0.4 is 5.32 Å². The van der Waals surface area contributed by atoms with Crippen LogP contribution in [0.1, 0.15) is 35.1 Å². The van der Waals surface area contributed by atoms with Crippen molar-refractivity contribution in [3.8, 4) is 0 Å². The lowest BCUT2D eigenvalue weighted by Crippen LogP contribution is -2.31. The topological polar surface area (TPSA) is 99.7 Å². The van der Waals surface area contributed by atoms with E-state index in [1.807, 2.05) is 53.4 Å². The average Bonchev–Trinajstić information content (AvgIpc) is 3.58. The number of hydrogen-bond acceptors (Lipinski definition) is 7. The molecular formula is C23H19N7OS. The van der Waals surface area contributed by atoms with Crippen molar-refractivity contribution >= 4 is 50.1 Å². The zero-order valence-corrected chi connectivity index (χ0v) is 17.8. The SMILES string of the molecule is O=C(c1nsc2cc(Nc3n[nH]c4cccnc34)ccc12)N1CCCC1c1ccccn1. The van der Waals surface area contributed by atoms with Gasteiger partial charge >= 0.3 is 0 Å². The summed E-state index contributed by atoms with van der Waals surface area (Å²) >= 11 is 1.33. The molecule has 8 nitrogen and oxygen atoms in total. The molecule has 1 unspecified atom stereocenters. The molecule has 1 amide bonds. The average molecular weight is 442 g/mol. The van der Waals surface area contributed by atoms with Crippen molar-refractivity contribution in [2.75, 3.05) is 11.9 Å². The number of nitrogens with zero attached hydrogens (tertiary/aromatic N) is 5. The highest BCUT2D eigenvalue weighted by Crippen LogP contribution is 2.34. The monoisotopic (exact) mass is 441 g/mol. The lowest BCUT2D eigenvalue weighted by molar-refractivity contribution is 0.0730. The summed E-state index contributed by atoms with van der Waals surface area (Å²) in [5, 5.41) is 11.5. The van der Waals surface area contributed by atoms with Crippen LogP contribution >= 0.6 is 11.5 Å². The molecular weight excluding hydrogens is 422 g/mol. The van der Waals surface area contributed by atoms with Gasteiger partial charge in [0, 0.05) is 30.0 Å². The fourth-order valence-electron chi connectivity index (χ4n) is 4.27. The molecule has 5 aromatic rings. The summed E-state index contributed by atoms with van der Waals surface area (Å²) in [5.74, 6) is 0.628. The Labute approximate surface area is 187 Å². The lowest BCUT2D eigenvalue weighted by Gasteiger charge is -2.23. The van der Waals surface area contributed by atoms with Crippen molar-refractivity contribution in [1.29, 1.82) is 0 Å². The van der Waals surface area contributed by atoms with E-state index in [-0.39, 0.29) is 11.9 Å². The normalized spacial score (nSPS) is 16.1. The number of aromatic nitrogens is 5. The van der Waals surface area contributed by atoms with Gasteiger partial charge in [0.25, 0.3) is 5.91 Å². The molecule has 4 aromatic heterocycles. The van der Waals surface area contributed by atoms with Gasteiger partial charge in [0.15, 0.2) is 5.82 Å². The van der Waals surface area contributed by atoms with Gasteiger partial charge in [0.2, 0.25) is 0 Å². The number of hydrogen-bond donors (Lipinski definition) is 2. The number of nitrogens with one attached hydrogen (secondary N) is 2. The van der Waals surface area contributed by atoms with Crippen LogP contribution in [0.25, 0.3) is 21.1 Å². The molecule has 0 spiro atoms. The van der Waals surface area contributed by atoms with Crippen LogP contribution in [0, 0.1) is 0 Å². The van der Waals surface area contributed by atoms with E-state index in [0.717, 1.165) is 51.9 Å². The summed E-state index contributed by atoms with van der Waals surface area (Å²) in [7, 11) is 0. The Morgan fingerprint density at radius 3 is 2.97 bits per heavy atom. The zero-order valence-electron chi connectivity index (χ0n) is 17.0. The molecule has 1 fully saturated rings. The minimum absolute atomic E-state index is 0.00170. The number of anilines is 2. The molecule has 0 saturated carbocycles. The first-order valence-electron chi connectivity index (χ1n) is 10.5. The first-order valence-corrected chi connectivity index (χ1v) is 11.2. The Morgan fingerprint density at radius 2 is 2.06 bits per heavy atom. The number of aromatic amines is 1. The number of carbonyl (C=O) groups excluding carboxylic acids is 1. The van der Waals surface area contributed by atoms with E-state index in [1.165, 1.54) is 11.5 Å². The summed E-state index contributed by atoms with van der Waals surface area (Å²) in [4.78, 5) is 24.2. The van der Waals surface area contributed by atoms with Crippen molar-refractivity contribution in [2.45, 2.75) is 18.9 Å². The van der Waals surface area contributed by atoms with E-state index in [1.54, 1.807) is 12.4 Å². The van der Waals surface area contributed by atoms with Crippen LogP contribution in [-0.4, -0.2) is 41.9 Å². The van der Waals surface area contributed by atoms with Gasteiger partial charge in [-0.15, -0.1) is 0 Å². The molecule has 158 valence electrons. The number of benzene rings is 1. The van der Waals surface area contributed by atoms with E-state index >= 15 is 0 Å². The summed E-state index contributed by atoms with van der Waals surface area (Å²) in [6, 6.07) is 15.5. The second kappa shape index (κ2) is 7.69. The second-order valence-electron chi connectivity index (χ2n) is 7.75. The van der Waals surface area contributed by atoms with Gasteiger partial charge in [-0.25, -0.2) is 0 Å². The number of fused-ring (bicyclic) bond motifs is 2. The van der Waals surface area contributed by atoms with Gasteiger partial charge in [-0.2, -0.15) is 9.47 Å². The Bertz CT molecular complexity index is 1430. The number of amides is 1. The van der Waals surface area contributed by atoms with Crippen LogP contribution in [-0.2, 0) is 0 Å². The summed E-state index contributed by atoms with van der Waals surface area (Å²) < 4.78 is 5.47. The van der Waals surface area contributed by atoms with Gasteiger partial charge in [-0.05, 0) is 66.8 Å². The summed E-state index contributed by atoms with van der Waals surface area (Å²) in [5.41, 5.74) is 3.96. The number of pyridine rings is 2. The van der Waals surface area contributed by atoms with E-state index < -0.39 is 0 Å². The Kier molecular flexibility index (Phi) is 4.53. The number of likely N-dealkylation sites (tertiary alicyclic amines) is 1. The van der Waals surface area contributed by atoms with E-state index in [4.69, 9.17) is 0 Å². The number of rotatable bonds is 4. The predicted molar refractivity (Wildman–Crippen MR) is 124 cm³/mol. The largest absolute Gasteiger partial charge is 0.337 e. The van der Waals surface area contributed by atoms with Crippen LogP contribution in [0.5, 0.6) is 0 Å². The van der Waals surface area contributed by atoms with Crippen LogP contribution in [0.3, 0.4) is 0 Å². The molecule has 5 heterocycles. The fourth-order valence-corrected chi connectivity index (χ4v) is 5.08. The first-order chi connectivity index (χ1) is 15.8. The summed E-state index contributed by atoms with van der Waals surface area (Å²) in [6.07, 6.45) is 5.41. The highest BCUT2D eigenvalue weighted by atomic mass is 32.1. The van der Waals surface area contributed by atoms with Crippen molar-refractivity contribution in [3.05, 3.63) is 72.3 Å². The van der Waals surface area contributed by atoms with Gasteiger partial charge in [-0.3, -0.25) is 19.9 Å². The zero-order chi connectivity index (χ0) is 21.5. The molecule has 2 N–H and O–H groups in total. The third-order valence-corrected chi connectivity index (χ3v) is 6.61. The van der Waals surface area contributed by atoms with Crippen LogP contribution in [0.2, 0.25) is 0 Å². The molecule has 1 aliphatic rings. The lowest BCUT2D eigenvalue weighted by atomic mass is 10.1. The molecule has 0 bridgehead atoms. The third kappa shape index (κ3) is 3.18.